The number of carbonyl (C=O) groups excluding carboxylic acids is 1. The van der Waals surface area contributed by atoms with Crippen molar-refractivity contribution in [3.05, 3.63) is 65.0 Å². The Balaban J connectivity index is 1.81. The molecule has 0 radical (unpaired) electrons. The highest BCUT2D eigenvalue weighted by atomic mass is 32.1. The lowest BCUT2D eigenvalue weighted by Crippen LogP contribution is -2.13. The molecular weight excluding hydrogens is 372 g/mol. The molecule has 0 aliphatic carbocycles. The van der Waals surface area contributed by atoms with Crippen molar-refractivity contribution in [1.82, 2.24) is 4.57 Å². The lowest BCUT2D eigenvalue weighted by molar-refractivity contribution is 0.0995. The Kier molecular flexibility index (Phi) is 4.88. The maximum Gasteiger partial charge on any atom is 0.283 e. The van der Waals surface area contributed by atoms with Gasteiger partial charge in [0.05, 0.1) is 29.5 Å². The molecule has 0 fully saturated rings. The Labute approximate surface area is 166 Å². The van der Waals surface area contributed by atoms with E-state index in [0.717, 1.165) is 26.7 Å². The summed E-state index contributed by atoms with van der Waals surface area (Å²) < 4.78 is 13.9. The lowest BCUT2D eigenvalue weighted by Gasteiger charge is -2.07. The van der Waals surface area contributed by atoms with Gasteiger partial charge < -0.3 is 14.0 Å². The summed E-state index contributed by atoms with van der Waals surface area (Å²) in [5, 5.41) is 2.00. The summed E-state index contributed by atoms with van der Waals surface area (Å²) in [5.74, 6) is 1.01. The average molecular weight is 392 g/mol. The number of rotatable bonds is 4. The summed E-state index contributed by atoms with van der Waals surface area (Å²) in [5.41, 5.74) is 1.46. The van der Waals surface area contributed by atoms with Crippen molar-refractivity contribution in [2.75, 3.05) is 13.7 Å². The van der Waals surface area contributed by atoms with E-state index in [1.807, 2.05) is 73.1 Å². The molecule has 0 unspecified atom stereocenters. The number of ether oxygens (including phenoxy) is 2. The van der Waals surface area contributed by atoms with Crippen molar-refractivity contribution >= 4 is 38.2 Å². The van der Waals surface area contributed by atoms with Crippen LogP contribution < -0.4 is 14.3 Å². The molecule has 0 spiro atoms. The molecule has 4 aromatic rings. The second-order valence-electron chi connectivity index (χ2n) is 6.32. The molecule has 0 saturated carbocycles. The van der Waals surface area contributed by atoms with Crippen LogP contribution in [0.15, 0.2) is 59.6 Å². The third-order valence-corrected chi connectivity index (χ3v) is 5.68. The smallest absolute Gasteiger partial charge is 0.283 e. The van der Waals surface area contributed by atoms with Crippen molar-refractivity contribution in [1.29, 1.82) is 0 Å². The molecule has 142 valence electrons. The molecule has 5 nitrogen and oxygen atoms in total. The summed E-state index contributed by atoms with van der Waals surface area (Å²) in [6.07, 6.45) is 0. The van der Waals surface area contributed by atoms with Crippen LogP contribution in [0.2, 0.25) is 0 Å². The van der Waals surface area contributed by atoms with Crippen LogP contribution in [0.1, 0.15) is 17.3 Å². The molecule has 0 aliphatic rings. The molecule has 0 aliphatic heterocycles. The van der Waals surface area contributed by atoms with Crippen molar-refractivity contribution in [3.63, 3.8) is 0 Å². The highest BCUT2D eigenvalue weighted by molar-refractivity contribution is 7.16. The molecule has 3 aromatic carbocycles. The first-order valence-electron chi connectivity index (χ1n) is 8.99. The minimum atomic E-state index is -0.324. The Hall–Kier alpha value is -3.12. The van der Waals surface area contributed by atoms with Crippen LogP contribution >= 0.6 is 11.3 Å². The Morgan fingerprint density at radius 2 is 1.86 bits per heavy atom. The molecule has 0 saturated heterocycles. The number of thiazole rings is 1. The summed E-state index contributed by atoms with van der Waals surface area (Å²) >= 11 is 1.46. The van der Waals surface area contributed by atoms with Crippen LogP contribution in [0.25, 0.3) is 21.0 Å². The van der Waals surface area contributed by atoms with Crippen molar-refractivity contribution < 1.29 is 14.3 Å². The lowest BCUT2D eigenvalue weighted by atomic mass is 10.1. The fourth-order valence-corrected chi connectivity index (χ4v) is 4.23. The van der Waals surface area contributed by atoms with Gasteiger partial charge >= 0.3 is 0 Å². The number of benzene rings is 3. The molecule has 0 bridgehead atoms. The normalized spacial score (nSPS) is 11.9. The number of hydrogen-bond acceptors (Lipinski definition) is 4. The van der Waals surface area contributed by atoms with Crippen LogP contribution in [-0.2, 0) is 7.05 Å². The van der Waals surface area contributed by atoms with E-state index in [0.29, 0.717) is 22.7 Å². The Morgan fingerprint density at radius 1 is 1.11 bits per heavy atom. The minimum absolute atomic E-state index is 0.324. The monoisotopic (exact) mass is 392 g/mol. The van der Waals surface area contributed by atoms with Crippen LogP contribution in [0.5, 0.6) is 11.5 Å². The van der Waals surface area contributed by atoms with Gasteiger partial charge in [0.2, 0.25) is 0 Å². The minimum Gasteiger partial charge on any atom is -0.496 e. The quantitative estimate of drug-likeness (QED) is 0.512. The van der Waals surface area contributed by atoms with Gasteiger partial charge in [-0.15, -0.1) is 0 Å². The molecule has 28 heavy (non-hydrogen) atoms. The van der Waals surface area contributed by atoms with Crippen molar-refractivity contribution in [2.24, 2.45) is 12.0 Å². The number of hydrogen-bond donors (Lipinski definition) is 0. The maximum atomic E-state index is 13.0. The molecule has 1 heterocycles. The van der Waals surface area contributed by atoms with E-state index in [-0.39, 0.29) is 5.91 Å². The number of aryl methyl sites for hydroxylation is 1. The van der Waals surface area contributed by atoms with Gasteiger partial charge in [0.15, 0.2) is 4.80 Å². The first kappa shape index (κ1) is 18.3. The summed E-state index contributed by atoms with van der Waals surface area (Å²) in [4.78, 5) is 18.0. The third-order valence-electron chi connectivity index (χ3n) is 4.59. The number of nitrogens with zero attached hydrogens (tertiary/aromatic N) is 2. The number of methoxy groups -OCH3 is 1. The maximum absolute atomic E-state index is 13.0. The standard InChI is InChI=1S/C22H20N2O3S/c1-4-27-16-9-10-18-20(13-16)28-22(24(18)2)23-21(25)17-11-14-7-5-6-8-15(14)12-19(17)26-3/h5-13H,4H2,1-3H3. The van der Waals surface area contributed by atoms with Crippen LogP contribution in [0.3, 0.4) is 0 Å². The van der Waals surface area contributed by atoms with E-state index < -0.39 is 0 Å². The summed E-state index contributed by atoms with van der Waals surface area (Å²) in [7, 11) is 3.47. The van der Waals surface area contributed by atoms with Gasteiger partial charge in [0.1, 0.15) is 11.5 Å². The van der Waals surface area contributed by atoms with E-state index in [4.69, 9.17) is 9.47 Å². The highest BCUT2D eigenvalue weighted by Crippen LogP contribution is 2.27. The van der Waals surface area contributed by atoms with E-state index in [1.54, 1.807) is 7.11 Å². The zero-order valence-electron chi connectivity index (χ0n) is 15.9. The second-order valence-corrected chi connectivity index (χ2v) is 7.33. The van der Waals surface area contributed by atoms with E-state index in [9.17, 15) is 4.79 Å². The third kappa shape index (κ3) is 3.27. The van der Waals surface area contributed by atoms with E-state index in [2.05, 4.69) is 4.99 Å². The topological polar surface area (TPSA) is 52.8 Å². The second kappa shape index (κ2) is 7.48. The number of aromatic nitrogens is 1. The Morgan fingerprint density at radius 3 is 2.57 bits per heavy atom. The van der Waals surface area contributed by atoms with Gasteiger partial charge in [-0.3, -0.25) is 4.79 Å². The fraction of sp³-hybridized carbons (Fsp3) is 0.182. The first-order chi connectivity index (χ1) is 13.6. The van der Waals surface area contributed by atoms with Crippen LogP contribution in [0.4, 0.5) is 0 Å². The van der Waals surface area contributed by atoms with Crippen molar-refractivity contribution in [2.45, 2.75) is 6.92 Å². The van der Waals surface area contributed by atoms with Crippen LogP contribution in [-0.4, -0.2) is 24.2 Å². The van der Waals surface area contributed by atoms with E-state index >= 15 is 0 Å². The molecule has 1 amide bonds. The predicted molar refractivity (Wildman–Crippen MR) is 112 cm³/mol. The largest absolute Gasteiger partial charge is 0.496 e. The predicted octanol–water partition coefficient (Wildman–Crippen LogP) is 4.54. The number of amides is 1. The SMILES string of the molecule is CCOc1ccc2c(c1)sc(=NC(=O)c1cc3ccccc3cc1OC)n2C. The van der Waals surface area contributed by atoms with E-state index in [1.165, 1.54) is 11.3 Å². The average Bonchev–Trinajstić information content (AvgIpc) is 3.02. The van der Waals surface area contributed by atoms with Crippen molar-refractivity contribution in [3.8, 4) is 11.5 Å². The summed E-state index contributed by atoms with van der Waals surface area (Å²) in [6, 6.07) is 17.5. The molecule has 4 rings (SSSR count). The van der Waals surface area contributed by atoms with Gasteiger partial charge in [-0.1, -0.05) is 35.6 Å². The van der Waals surface area contributed by atoms with Crippen LogP contribution in [0, 0.1) is 0 Å². The zero-order valence-corrected chi connectivity index (χ0v) is 16.7. The fourth-order valence-electron chi connectivity index (χ4n) is 3.18. The van der Waals surface area contributed by atoms with Gasteiger partial charge in [0.25, 0.3) is 5.91 Å². The van der Waals surface area contributed by atoms with Gasteiger partial charge in [-0.2, -0.15) is 4.99 Å². The first-order valence-corrected chi connectivity index (χ1v) is 9.80. The molecule has 0 N–H and O–H groups in total. The van der Waals surface area contributed by atoms with Gasteiger partial charge in [0, 0.05) is 7.05 Å². The molecule has 0 atom stereocenters. The Bertz CT molecular complexity index is 1250. The molecular formula is C22H20N2O3S. The highest BCUT2D eigenvalue weighted by Gasteiger charge is 2.14. The summed E-state index contributed by atoms with van der Waals surface area (Å²) in [6.45, 7) is 2.56. The number of fused-ring (bicyclic) bond motifs is 2. The van der Waals surface area contributed by atoms with Gasteiger partial charge in [-0.05, 0) is 48.0 Å². The molecule has 1 aromatic heterocycles. The van der Waals surface area contributed by atoms with Gasteiger partial charge in [-0.25, -0.2) is 0 Å². The zero-order chi connectivity index (χ0) is 19.7. The molecule has 6 heteroatoms. The number of carbonyl (C=O) groups is 1.